The number of likely N-dealkylation sites (tertiary alicyclic amines) is 1. The Morgan fingerprint density at radius 1 is 1.41 bits per heavy atom. The molecule has 1 fully saturated rings. The average Bonchev–Trinajstić information content (AvgIpc) is 2.62. The number of hydrogen-bond donors (Lipinski definition) is 2. The van der Waals surface area contributed by atoms with Crippen LogP contribution in [0.1, 0.15) is 17.5 Å². The highest BCUT2D eigenvalue weighted by molar-refractivity contribution is 5.83. The van der Waals surface area contributed by atoms with E-state index in [-0.39, 0.29) is 12.1 Å². The van der Waals surface area contributed by atoms with E-state index < -0.39 is 18.3 Å². The smallest absolute Gasteiger partial charge is 0.404 e. The summed E-state index contributed by atoms with van der Waals surface area (Å²) in [4.78, 5) is 25.1. The molecular formula is C19H21FN4O3. The van der Waals surface area contributed by atoms with Crippen molar-refractivity contribution >= 4 is 17.0 Å². The molecule has 3 rings (SSSR count). The molecule has 2 unspecified atom stereocenters. The van der Waals surface area contributed by atoms with Gasteiger partial charge >= 0.3 is 6.09 Å². The number of halogens is 1. The summed E-state index contributed by atoms with van der Waals surface area (Å²) in [7, 11) is 0. The van der Waals surface area contributed by atoms with Gasteiger partial charge in [-0.1, -0.05) is 6.07 Å². The van der Waals surface area contributed by atoms with E-state index in [4.69, 9.17) is 10.4 Å². The van der Waals surface area contributed by atoms with Crippen LogP contribution in [-0.2, 0) is 6.54 Å². The van der Waals surface area contributed by atoms with Crippen LogP contribution >= 0.6 is 0 Å². The summed E-state index contributed by atoms with van der Waals surface area (Å²) in [5, 5.41) is 21.0. The summed E-state index contributed by atoms with van der Waals surface area (Å²) in [6.45, 7) is 3.36. The number of aryl methyl sites for hydroxylation is 1. The average molecular weight is 372 g/mol. The fourth-order valence-electron chi connectivity index (χ4n) is 3.58. The Labute approximate surface area is 155 Å². The molecule has 0 saturated carbocycles. The molecule has 2 N–H and O–H groups in total. The Balaban J connectivity index is 1.77. The molecular weight excluding hydrogens is 351 g/mol. The van der Waals surface area contributed by atoms with Gasteiger partial charge < -0.3 is 15.0 Å². The Morgan fingerprint density at radius 3 is 2.85 bits per heavy atom. The van der Waals surface area contributed by atoms with Gasteiger partial charge in [0.15, 0.2) is 0 Å². The molecule has 1 amide bonds. The third-order valence-corrected chi connectivity index (χ3v) is 5.02. The van der Waals surface area contributed by atoms with Crippen LogP contribution in [0.3, 0.4) is 0 Å². The van der Waals surface area contributed by atoms with Crippen LogP contribution in [0.25, 0.3) is 10.9 Å². The predicted molar refractivity (Wildman–Crippen MR) is 98.6 cm³/mol. The van der Waals surface area contributed by atoms with Crippen molar-refractivity contribution in [1.82, 2.24) is 14.8 Å². The Kier molecular flexibility index (Phi) is 5.42. The maximum Gasteiger partial charge on any atom is 0.404 e. The quantitative estimate of drug-likeness (QED) is 0.854. The van der Waals surface area contributed by atoms with Crippen molar-refractivity contribution in [2.24, 2.45) is 0 Å². The molecule has 1 aliphatic heterocycles. The van der Waals surface area contributed by atoms with Crippen molar-refractivity contribution in [3.05, 3.63) is 45.7 Å². The van der Waals surface area contributed by atoms with Crippen molar-refractivity contribution in [3.8, 4) is 6.07 Å². The number of alkyl halides is 1. The third kappa shape index (κ3) is 4.09. The molecule has 0 aliphatic carbocycles. The van der Waals surface area contributed by atoms with Gasteiger partial charge in [0.05, 0.1) is 23.2 Å². The number of benzene rings is 1. The highest BCUT2D eigenvalue weighted by atomic mass is 19.1. The summed E-state index contributed by atoms with van der Waals surface area (Å²) in [5.41, 5.74) is 1.86. The second kappa shape index (κ2) is 7.76. The molecule has 1 saturated heterocycles. The number of nitrogens with one attached hydrogen (secondary N) is 1. The summed E-state index contributed by atoms with van der Waals surface area (Å²) in [6.07, 6.45) is -2.12. The number of amides is 1. The first-order chi connectivity index (χ1) is 12.9. The van der Waals surface area contributed by atoms with E-state index in [0.717, 1.165) is 10.9 Å². The van der Waals surface area contributed by atoms with Gasteiger partial charge in [0.2, 0.25) is 0 Å². The van der Waals surface area contributed by atoms with E-state index in [1.807, 2.05) is 17.9 Å². The highest BCUT2D eigenvalue weighted by Crippen LogP contribution is 2.19. The maximum atomic E-state index is 14.2. The van der Waals surface area contributed by atoms with Gasteiger partial charge in [-0.25, -0.2) is 9.18 Å². The van der Waals surface area contributed by atoms with E-state index in [1.165, 1.54) is 0 Å². The van der Waals surface area contributed by atoms with Gasteiger partial charge in [0.1, 0.15) is 6.17 Å². The lowest BCUT2D eigenvalue weighted by molar-refractivity contribution is 0.0976. The predicted octanol–water partition coefficient (Wildman–Crippen LogP) is 1.86. The summed E-state index contributed by atoms with van der Waals surface area (Å²) in [5.74, 6) is 0. The van der Waals surface area contributed by atoms with E-state index in [9.17, 15) is 14.0 Å². The molecule has 2 heterocycles. The number of rotatable bonds is 4. The fraction of sp³-hybridized carbons (Fsp3) is 0.421. The SMILES string of the molecule is Cc1cc(=O)n(CCN2CCC(NC(=O)O)C(F)C2)c2cc(C#N)ccc12. The van der Waals surface area contributed by atoms with Crippen LogP contribution in [-0.4, -0.2) is 52.5 Å². The molecule has 142 valence electrons. The molecule has 7 nitrogen and oxygen atoms in total. The molecule has 0 radical (unpaired) electrons. The minimum absolute atomic E-state index is 0.118. The molecule has 1 aliphatic rings. The van der Waals surface area contributed by atoms with E-state index in [1.54, 1.807) is 22.8 Å². The van der Waals surface area contributed by atoms with Crippen LogP contribution in [0.2, 0.25) is 0 Å². The molecule has 2 aromatic rings. The number of aromatic nitrogens is 1. The van der Waals surface area contributed by atoms with Crippen LogP contribution in [0.5, 0.6) is 0 Å². The van der Waals surface area contributed by atoms with E-state index in [2.05, 4.69) is 11.4 Å². The first kappa shape index (κ1) is 18.9. The van der Waals surface area contributed by atoms with Gasteiger partial charge in [0.25, 0.3) is 5.56 Å². The molecule has 0 spiro atoms. The standard InChI is InChI=1S/C19H21FN4O3/c1-12-8-18(25)24(17-9-13(10-21)2-3-14(12)17)7-6-23-5-4-16(15(20)11-23)22-19(26)27/h2-3,8-9,15-16,22H,4-7,11H2,1H3,(H,26,27). The Morgan fingerprint density at radius 2 is 2.19 bits per heavy atom. The Hall–Kier alpha value is -2.92. The van der Waals surface area contributed by atoms with Crippen molar-refractivity contribution in [1.29, 1.82) is 5.26 Å². The monoisotopic (exact) mass is 372 g/mol. The number of piperidine rings is 1. The second-order valence-electron chi connectivity index (χ2n) is 6.82. The van der Waals surface area contributed by atoms with Crippen LogP contribution < -0.4 is 10.9 Å². The van der Waals surface area contributed by atoms with Crippen LogP contribution in [0, 0.1) is 18.3 Å². The van der Waals surface area contributed by atoms with Crippen LogP contribution in [0.15, 0.2) is 29.1 Å². The number of pyridine rings is 1. The van der Waals surface area contributed by atoms with Gasteiger partial charge in [-0.3, -0.25) is 9.69 Å². The lowest BCUT2D eigenvalue weighted by atomic mass is 10.0. The number of hydrogen-bond acceptors (Lipinski definition) is 4. The third-order valence-electron chi connectivity index (χ3n) is 5.02. The topological polar surface area (TPSA) is 98.4 Å². The highest BCUT2D eigenvalue weighted by Gasteiger charge is 2.30. The van der Waals surface area contributed by atoms with Gasteiger partial charge in [0, 0.05) is 37.6 Å². The number of nitriles is 1. The summed E-state index contributed by atoms with van der Waals surface area (Å²) in [6, 6.07) is 8.21. The molecule has 8 heteroatoms. The summed E-state index contributed by atoms with van der Waals surface area (Å²) < 4.78 is 15.8. The second-order valence-corrected chi connectivity index (χ2v) is 6.82. The molecule has 27 heavy (non-hydrogen) atoms. The van der Waals surface area contributed by atoms with E-state index >= 15 is 0 Å². The lowest BCUT2D eigenvalue weighted by Gasteiger charge is -2.34. The number of fused-ring (bicyclic) bond motifs is 1. The molecule has 1 aromatic carbocycles. The zero-order chi connectivity index (χ0) is 19.6. The fourth-order valence-corrected chi connectivity index (χ4v) is 3.58. The minimum Gasteiger partial charge on any atom is -0.465 e. The zero-order valence-corrected chi connectivity index (χ0v) is 15.0. The van der Waals surface area contributed by atoms with Crippen molar-refractivity contribution in [2.75, 3.05) is 19.6 Å². The van der Waals surface area contributed by atoms with Gasteiger partial charge in [-0.2, -0.15) is 5.26 Å². The van der Waals surface area contributed by atoms with Crippen molar-refractivity contribution < 1.29 is 14.3 Å². The minimum atomic E-state index is -1.29. The molecule has 1 aromatic heterocycles. The Bertz CT molecular complexity index is 966. The number of carboxylic acid groups (broad SMARTS) is 1. The number of carbonyl (C=O) groups is 1. The largest absolute Gasteiger partial charge is 0.465 e. The first-order valence-electron chi connectivity index (χ1n) is 8.79. The van der Waals surface area contributed by atoms with Crippen molar-refractivity contribution in [2.45, 2.75) is 32.1 Å². The maximum absolute atomic E-state index is 14.2. The lowest BCUT2D eigenvalue weighted by Crippen LogP contribution is -2.52. The van der Waals surface area contributed by atoms with Crippen LogP contribution in [0.4, 0.5) is 9.18 Å². The normalized spacial score (nSPS) is 20.3. The summed E-state index contributed by atoms with van der Waals surface area (Å²) >= 11 is 0. The zero-order valence-electron chi connectivity index (χ0n) is 15.0. The van der Waals surface area contributed by atoms with Gasteiger partial charge in [-0.15, -0.1) is 0 Å². The van der Waals surface area contributed by atoms with Crippen molar-refractivity contribution in [3.63, 3.8) is 0 Å². The van der Waals surface area contributed by atoms with E-state index in [0.29, 0.717) is 37.1 Å². The number of nitrogens with zero attached hydrogens (tertiary/aromatic N) is 3. The first-order valence-corrected chi connectivity index (χ1v) is 8.79. The molecule has 0 bridgehead atoms. The van der Waals surface area contributed by atoms with Gasteiger partial charge in [-0.05, 0) is 31.0 Å². The molecule has 2 atom stereocenters.